The molecule has 1 aromatic carbocycles. The maximum Gasteiger partial charge on any atom is 0.260 e. The van der Waals surface area contributed by atoms with Crippen LogP contribution in [-0.2, 0) is 11.3 Å². The summed E-state index contributed by atoms with van der Waals surface area (Å²) < 4.78 is 19.1. The molecule has 1 amide bonds. The Morgan fingerprint density at radius 3 is 2.68 bits per heavy atom. The summed E-state index contributed by atoms with van der Waals surface area (Å²) in [5, 5.41) is 2.74. The zero-order chi connectivity index (χ0) is 14.4. The average molecular weight is 268 g/mol. The van der Waals surface area contributed by atoms with Crippen molar-refractivity contribution in [1.29, 1.82) is 0 Å². The van der Waals surface area contributed by atoms with E-state index in [-0.39, 0.29) is 18.2 Å². The van der Waals surface area contributed by atoms with Crippen molar-refractivity contribution in [2.75, 3.05) is 6.54 Å². The number of nitrogens with one attached hydrogen (secondary N) is 1. The molecule has 1 atom stereocenters. The molecule has 0 spiro atoms. The fraction of sp³-hybridized carbons (Fsp3) is 0.500. The lowest BCUT2D eigenvalue weighted by atomic mass is 10.2. The largest absolute Gasteiger partial charge is 0.477 e. The summed E-state index contributed by atoms with van der Waals surface area (Å²) in [5.41, 5.74) is 6.07. The molecule has 1 rings (SSSR count). The van der Waals surface area contributed by atoms with Crippen LogP contribution in [-0.4, -0.2) is 18.6 Å². The van der Waals surface area contributed by atoms with Gasteiger partial charge in [0.1, 0.15) is 0 Å². The first-order valence-corrected chi connectivity index (χ1v) is 6.37. The molecule has 19 heavy (non-hydrogen) atoms. The van der Waals surface area contributed by atoms with Gasteiger partial charge in [0.15, 0.2) is 17.7 Å². The summed E-state index contributed by atoms with van der Waals surface area (Å²) in [5.74, 6) is -0.368. The van der Waals surface area contributed by atoms with E-state index in [0.29, 0.717) is 18.0 Å². The third-order valence-corrected chi connectivity index (χ3v) is 2.62. The number of nitrogens with two attached hydrogens (primary N) is 1. The number of halogens is 1. The van der Waals surface area contributed by atoms with Crippen molar-refractivity contribution in [3.63, 3.8) is 0 Å². The molecule has 1 unspecified atom stereocenters. The highest BCUT2D eigenvalue weighted by atomic mass is 19.1. The van der Waals surface area contributed by atoms with E-state index in [1.54, 1.807) is 19.1 Å². The molecule has 0 aliphatic rings. The molecule has 0 aliphatic heterocycles. The minimum absolute atomic E-state index is 0.0530. The van der Waals surface area contributed by atoms with Gasteiger partial charge in [-0.2, -0.15) is 0 Å². The van der Waals surface area contributed by atoms with E-state index in [1.165, 1.54) is 6.07 Å². The second-order valence-corrected chi connectivity index (χ2v) is 4.83. The molecule has 0 saturated carbocycles. The monoisotopic (exact) mass is 268 g/mol. The molecule has 0 fully saturated rings. The number of amides is 1. The summed E-state index contributed by atoms with van der Waals surface area (Å²) in [6, 6.07) is 4.53. The normalized spacial score (nSPS) is 12.3. The molecule has 0 aromatic heterocycles. The van der Waals surface area contributed by atoms with Gasteiger partial charge in [0.2, 0.25) is 0 Å². The molecule has 3 N–H and O–H groups in total. The van der Waals surface area contributed by atoms with E-state index in [0.717, 1.165) is 0 Å². The molecule has 0 bridgehead atoms. The Balaban J connectivity index is 2.71. The Morgan fingerprint density at radius 2 is 2.11 bits per heavy atom. The molecule has 0 aliphatic carbocycles. The molecule has 4 nitrogen and oxygen atoms in total. The third-order valence-electron chi connectivity index (χ3n) is 2.62. The van der Waals surface area contributed by atoms with Crippen LogP contribution in [0, 0.1) is 11.7 Å². The first kappa shape index (κ1) is 15.4. The zero-order valence-electron chi connectivity index (χ0n) is 11.6. The van der Waals surface area contributed by atoms with E-state index in [9.17, 15) is 9.18 Å². The number of rotatable bonds is 6. The summed E-state index contributed by atoms with van der Waals surface area (Å²) in [7, 11) is 0. The van der Waals surface area contributed by atoms with Gasteiger partial charge in [0, 0.05) is 18.7 Å². The molecule has 5 heteroatoms. The van der Waals surface area contributed by atoms with Crippen LogP contribution in [0.5, 0.6) is 5.75 Å². The number of hydrogen-bond acceptors (Lipinski definition) is 3. The van der Waals surface area contributed by atoms with Crippen LogP contribution < -0.4 is 15.8 Å². The fourth-order valence-corrected chi connectivity index (χ4v) is 1.52. The molecule has 106 valence electrons. The highest BCUT2D eigenvalue weighted by Gasteiger charge is 2.18. The topological polar surface area (TPSA) is 64.3 Å². The SMILES string of the molecule is CC(C)CNC(=O)C(C)Oc1c(F)cccc1CN. The van der Waals surface area contributed by atoms with Gasteiger partial charge >= 0.3 is 0 Å². The van der Waals surface area contributed by atoms with Crippen molar-refractivity contribution in [1.82, 2.24) is 5.32 Å². The predicted molar refractivity (Wildman–Crippen MR) is 72.2 cm³/mol. The van der Waals surface area contributed by atoms with E-state index < -0.39 is 11.9 Å². The van der Waals surface area contributed by atoms with Crippen LogP contribution in [0.4, 0.5) is 4.39 Å². The van der Waals surface area contributed by atoms with Gasteiger partial charge in [-0.25, -0.2) is 4.39 Å². The lowest BCUT2D eigenvalue weighted by Crippen LogP contribution is -2.38. The molecule has 0 saturated heterocycles. The molecule has 0 heterocycles. The number of carbonyl (C=O) groups is 1. The van der Waals surface area contributed by atoms with Crippen LogP contribution in [0.1, 0.15) is 26.3 Å². The Kier molecular flexibility index (Phi) is 5.76. The van der Waals surface area contributed by atoms with Crippen LogP contribution >= 0.6 is 0 Å². The van der Waals surface area contributed by atoms with Gasteiger partial charge in [-0.15, -0.1) is 0 Å². The van der Waals surface area contributed by atoms with E-state index >= 15 is 0 Å². The summed E-state index contributed by atoms with van der Waals surface area (Å²) in [6.07, 6.45) is -0.763. The van der Waals surface area contributed by atoms with Gasteiger partial charge < -0.3 is 15.8 Å². The maximum atomic E-state index is 13.7. The predicted octanol–water partition coefficient (Wildman–Crippen LogP) is 1.82. The number of hydrogen-bond donors (Lipinski definition) is 2. The number of benzene rings is 1. The highest BCUT2D eigenvalue weighted by molar-refractivity contribution is 5.80. The average Bonchev–Trinajstić information content (AvgIpc) is 2.37. The highest BCUT2D eigenvalue weighted by Crippen LogP contribution is 2.23. The van der Waals surface area contributed by atoms with Gasteiger partial charge in [0.25, 0.3) is 5.91 Å². The number of carbonyl (C=O) groups excluding carboxylic acids is 1. The minimum Gasteiger partial charge on any atom is -0.477 e. The number of ether oxygens (including phenoxy) is 1. The number of para-hydroxylation sites is 1. The van der Waals surface area contributed by atoms with E-state index in [1.807, 2.05) is 13.8 Å². The molecular weight excluding hydrogens is 247 g/mol. The Labute approximate surface area is 113 Å². The summed E-state index contributed by atoms with van der Waals surface area (Å²) >= 11 is 0. The molecule has 0 radical (unpaired) electrons. The van der Waals surface area contributed by atoms with Crippen molar-refractivity contribution >= 4 is 5.91 Å². The van der Waals surface area contributed by atoms with Crippen molar-refractivity contribution in [2.45, 2.75) is 33.4 Å². The van der Waals surface area contributed by atoms with Gasteiger partial charge in [-0.05, 0) is 18.9 Å². The van der Waals surface area contributed by atoms with Crippen LogP contribution in [0.15, 0.2) is 18.2 Å². The second-order valence-electron chi connectivity index (χ2n) is 4.83. The van der Waals surface area contributed by atoms with Crippen LogP contribution in [0.3, 0.4) is 0 Å². The second kappa shape index (κ2) is 7.09. The first-order valence-electron chi connectivity index (χ1n) is 6.37. The van der Waals surface area contributed by atoms with Gasteiger partial charge in [0.05, 0.1) is 0 Å². The van der Waals surface area contributed by atoms with Crippen LogP contribution in [0.25, 0.3) is 0 Å². The molecular formula is C14H21FN2O2. The van der Waals surface area contributed by atoms with E-state index in [4.69, 9.17) is 10.5 Å². The first-order chi connectivity index (χ1) is 8.95. The minimum atomic E-state index is -0.763. The zero-order valence-corrected chi connectivity index (χ0v) is 11.6. The Hall–Kier alpha value is -1.62. The summed E-state index contributed by atoms with van der Waals surface area (Å²) in [4.78, 5) is 11.8. The Bertz CT molecular complexity index is 435. The lowest BCUT2D eigenvalue weighted by Gasteiger charge is -2.18. The lowest BCUT2D eigenvalue weighted by molar-refractivity contribution is -0.127. The molecule has 1 aromatic rings. The van der Waals surface area contributed by atoms with E-state index in [2.05, 4.69) is 5.32 Å². The standard InChI is InChI=1S/C14H21FN2O2/c1-9(2)8-17-14(18)10(3)19-13-11(7-16)5-4-6-12(13)15/h4-6,9-10H,7-8,16H2,1-3H3,(H,17,18). The van der Waals surface area contributed by atoms with Crippen molar-refractivity contribution < 1.29 is 13.9 Å². The van der Waals surface area contributed by atoms with Crippen molar-refractivity contribution in [3.8, 4) is 5.75 Å². The van der Waals surface area contributed by atoms with Gasteiger partial charge in [-0.1, -0.05) is 26.0 Å². The third kappa shape index (κ3) is 4.52. The summed E-state index contributed by atoms with van der Waals surface area (Å²) in [6.45, 7) is 6.30. The smallest absolute Gasteiger partial charge is 0.260 e. The Morgan fingerprint density at radius 1 is 1.42 bits per heavy atom. The van der Waals surface area contributed by atoms with Crippen molar-refractivity contribution in [2.24, 2.45) is 11.7 Å². The fourth-order valence-electron chi connectivity index (χ4n) is 1.52. The quantitative estimate of drug-likeness (QED) is 0.827. The van der Waals surface area contributed by atoms with Crippen molar-refractivity contribution in [3.05, 3.63) is 29.6 Å². The van der Waals surface area contributed by atoms with Crippen LogP contribution in [0.2, 0.25) is 0 Å². The van der Waals surface area contributed by atoms with Gasteiger partial charge in [-0.3, -0.25) is 4.79 Å². The maximum absolute atomic E-state index is 13.7.